The van der Waals surface area contributed by atoms with Crippen LogP contribution in [-0.2, 0) is 24.2 Å². The van der Waals surface area contributed by atoms with Gasteiger partial charge in [-0.3, -0.25) is 4.98 Å². The molecule has 2 aromatic rings. The molecule has 0 saturated carbocycles. The minimum atomic E-state index is -1.48. The van der Waals surface area contributed by atoms with Crippen molar-refractivity contribution < 1.29 is 14.4 Å². The van der Waals surface area contributed by atoms with E-state index in [9.17, 15) is 5.11 Å². The summed E-state index contributed by atoms with van der Waals surface area (Å²) in [5, 5.41) is 11.3. The lowest BCUT2D eigenvalue weighted by Crippen LogP contribution is -2.43. The highest BCUT2D eigenvalue weighted by molar-refractivity contribution is 6.30. The molecule has 0 amide bonds. The fraction of sp³-hybridized carbons (Fsp3) is 0.231. The largest absolute Gasteiger partial charge is 0.353 e. The minimum Gasteiger partial charge on any atom is -0.353 e. The van der Waals surface area contributed by atoms with Crippen molar-refractivity contribution in [2.45, 2.75) is 12.4 Å². The van der Waals surface area contributed by atoms with Crippen molar-refractivity contribution in [1.82, 2.24) is 4.98 Å². The van der Waals surface area contributed by atoms with E-state index in [0.29, 0.717) is 22.9 Å². The summed E-state index contributed by atoms with van der Waals surface area (Å²) in [6.45, 7) is 0.291. The molecule has 1 atom stereocenters. The minimum absolute atomic E-state index is 0.291. The van der Waals surface area contributed by atoms with Gasteiger partial charge in [0.1, 0.15) is 7.05 Å². The van der Waals surface area contributed by atoms with E-state index in [2.05, 4.69) is 4.98 Å². The Kier molecular flexibility index (Phi) is 2.59. The van der Waals surface area contributed by atoms with Gasteiger partial charge < -0.3 is 9.84 Å². The summed E-state index contributed by atoms with van der Waals surface area (Å²) < 4.78 is 7.33. The van der Waals surface area contributed by atoms with Crippen molar-refractivity contribution in [1.29, 1.82) is 0 Å². The summed E-state index contributed by atoms with van der Waals surface area (Å²) in [5.74, 6) is -1.48. The van der Waals surface area contributed by atoms with Crippen LogP contribution in [0, 0.1) is 0 Å². The van der Waals surface area contributed by atoms with E-state index < -0.39 is 5.79 Å². The average molecular weight is 264 g/mol. The van der Waals surface area contributed by atoms with Gasteiger partial charge in [0, 0.05) is 23.9 Å². The van der Waals surface area contributed by atoms with Gasteiger partial charge in [0.2, 0.25) is 5.69 Å². The molecular weight excluding hydrogens is 252 g/mol. The average Bonchev–Trinajstić information content (AvgIpc) is 2.72. The van der Waals surface area contributed by atoms with Crippen molar-refractivity contribution in [2.75, 3.05) is 0 Å². The summed E-state index contributed by atoms with van der Waals surface area (Å²) in [6.07, 6.45) is 3.47. The first-order valence-electron chi connectivity index (χ1n) is 5.57. The molecule has 0 aliphatic carbocycles. The molecule has 5 heteroatoms. The van der Waals surface area contributed by atoms with E-state index in [1.165, 1.54) is 0 Å². The number of ether oxygens (including phenoxy) is 1. The predicted molar refractivity (Wildman–Crippen MR) is 64.7 cm³/mol. The van der Waals surface area contributed by atoms with Gasteiger partial charge in [0.15, 0.2) is 6.20 Å². The van der Waals surface area contributed by atoms with Crippen LogP contribution in [0.5, 0.6) is 0 Å². The summed E-state index contributed by atoms with van der Waals surface area (Å²) in [5.41, 5.74) is 2.00. The molecule has 92 valence electrons. The fourth-order valence-corrected chi connectivity index (χ4v) is 2.36. The number of fused-ring (bicyclic) bond motifs is 1. The second-order valence-electron chi connectivity index (χ2n) is 4.27. The Labute approximate surface area is 109 Å². The van der Waals surface area contributed by atoms with Crippen molar-refractivity contribution in [3.63, 3.8) is 0 Å². The first kappa shape index (κ1) is 11.6. The molecule has 1 aliphatic heterocycles. The SMILES string of the molecule is C[n+]1ccc(Cl)cc1C1(O)OCc2ncccc21. The zero-order valence-electron chi connectivity index (χ0n) is 9.80. The van der Waals surface area contributed by atoms with Crippen molar-refractivity contribution in [3.8, 4) is 0 Å². The van der Waals surface area contributed by atoms with Gasteiger partial charge in [-0.2, -0.15) is 0 Å². The van der Waals surface area contributed by atoms with Gasteiger partial charge in [-0.25, -0.2) is 4.57 Å². The summed E-state index contributed by atoms with van der Waals surface area (Å²) >= 11 is 5.99. The Morgan fingerprint density at radius 1 is 1.50 bits per heavy atom. The molecule has 0 spiro atoms. The first-order chi connectivity index (χ1) is 8.61. The molecule has 1 aliphatic rings. The highest BCUT2D eigenvalue weighted by Gasteiger charge is 2.46. The number of aliphatic hydroxyl groups is 1. The van der Waals surface area contributed by atoms with Crippen LogP contribution in [0.25, 0.3) is 0 Å². The molecular formula is C13H12ClN2O2+. The predicted octanol–water partition coefficient (Wildman–Crippen LogP) is 1.28. The van der Waals surface area contributed by atoms with E-state index in [-0.39, 0.29) is 0 Å². The Morgan fingerprint density at radius 2 is 2.33 bits per heavy atom. The van der Waals surface area contributed by atoms with Gasteiger partial charge in [-0.15, -0.1) is 0 Å². The number of aromatic nitrogens is 2. The molecule has 0 radical (unpaired) electrons. The van der Waals surface area contributed by atoms with Crippen LogP contribution < -0.4 is 4.57 Å². The Hall–Kier alpha value is -1.49. The van der Waals surface area contributed by atoms with Crippen LogP contribution in [0.2, 0.25) is 5.02 Å². The van der Waals surface area contributed by atoms with E-state index in [1.54, 1.807) is 35.2 Å². The highest BCUT2D eigenvalue weighted by Crippen LogP contribution is 2.37. The maximum atomic E-state index is 10.8. The first-order valence-corrected chi connectivity index (χ1v) is 5.95. The number of pyridine rings is 2. The third-order valence-corrected chi connectivity index (χ3v) is 3.37. The lowest BCUT2D eigenvalue weighted by atomic mass is 10.0. The molecule has 18 heavy (non-hydrogen) atoms. The van der Waals surface area contributed by atoms with Crippen molar-refractivity contribution in [3.05, 3.63) is 58.6 Å². The smallest absolute Gasteiger partial charge is 0.283 e. The van der Waals surface area contributed by atoms with Gasteiger partial charge in [-0.1, -0.05) is 11.6 Å². The fourth-order valence-electron chi connectivity index (χ4n) is 2.20. The Bertz CT molecular complexity index is 618. The van der Waals surface area contributed by atoms with Gasteiger partial charge >= 0.3 is 0 Å². The maximum absolute atomic E-state index is 10.8. The zero-order chi connectivity index (χ0) is 12.8. The van der Waals surface area contributed by atoms with E-state index >= 15 is 0 Å². The second-order valence-corrected chi connectivity index (χ2v) is 4.71. The Morgan fingerprint density at radius 3 is 3.17 bits per heavy atom. The highest BCUT2D eigenvalue weighted by atomic mass is 35.5. The maximum Gasteiger partial charge on any atom is 0.283 e. The van der Waals surface area contributed by atoms with E-state index in [0.717, 1.165) is 5.69 Å². The van der Waals surface area contributed by atoms with Crippen LogP contribution >= 0.6 is 11.6 Å². The lowest BCUT2D eigenvalue weighted by Gasteiger charge is -2.19. The van der Waals surface area contributed by atoms with Crippen LogP contribution in [0.4, 0.5) is 0 Å². The third-order valence-electron chi connectivity index (χ3n) is 3.13. The van der Waals surface area contributed by atoms with Gasteiger partial charge in [0.25, 0.3) is 5.79 Å². The molecule has 2 aromatic heterocycles. The molecule has 4 nitrogen and oxygen atoms in total. The normalized spacial score (nSPS) is 21.9. The molecule has 3 rings (SSSR count). The van der Waals surface area contributed by atoms with Crippen LogP contribution in [0.3, 0.4) is 0 Å². The van der Waals surface area contributed by atoms with Crippen LogP contribution in [0.15, 0.2) is 36.7 Å². The van der Waals surface area contributed by atoms with Gasteiger partial charge in [0.05, 0.1) is 17.3 Å². The molecule has 1 unspecified atom stereocenters. The molecule has 3 heterocycles. The standard InChI is InChI=1S/C13H12ClN2O2/c1-16-6-4-9(14)7-12(16)13(17)10-3-2-5-15-11(10)8-18-13/h2-7,17H,8H2,1H3/q+1. The zero-order valence-corrected chi connectivity index (χ0v) is 10.6. The molecule has 0 saturated heterocycles. The van der Waals surface area contributed by atoms with Gasteiger partial charge in [-0.05, 0) is 12.1 Å². The summed E-state index contributed by atoms with van der Waals surface area (Å²) in [6, 6.07) is 7.05. The van der Waals surface area contributed by atoms with Crippen LogP contribution in [-0.4, -0.2) is 10.1 Å². The molecule has 0 fully saturated rings. The topological polar surface area (TPSA) is 46.2 Å². The number of rotatable bonds is 1. The molecule has 1 N–H and O–H groups in total. The lowest BCUT2D eigenvalue weighted by molar-refractivity contribution is -0.689. The monoisotopic (exact) mass is 263 g/mol. The van der Waals surface area contributed by atoms with Crippen molar-refractivity contribution in [2.24, 2.45) is 7.05 Å². The number of aryl methyl sites for hydroxylation is 1. The van der Waals surface area contributed by atoms with Crippen molar-refractivity contribution >= 4 is 11.6 Å². The number of nitrogens with zero attached hydrogens (tertiary/aromatic N) is 2. The molecule has 0 bridgehead atoms. The molecule has 0 aromatic carbocycles. The van der Waals surface area contributed by atoms with E-state index in [1.807, 2.05) is 13.1 Å². The Balaban J connectivity index is 2.20. The summed E-state index contributed by atoms with van der Waals surface area (Å²) in [7, 11) is 1.83. The number of hydrogen-bond donors (Lipinski definition) is 1. The van der Waals surface area contributed by atoms with E-state index in [4.69, 9.17) is 16.3 Å². The number of hydrogen-bond acceptors (Lipinski definition) is 3. The third kappa shape index (κ3) is 1.61. The van der Waals surface area contributed by atoms with Crippen LogP contribution in [0.1, 0.15) is 17.0 Å². The summed E-state index contributed by atoms with van der Waals surface area (Å²) in [4.78, 5) is 4.21. The second kappa shape index (κ2) is 4.02. The number of halogens is 1. The quantitative estimate of drug-likeness (QED) is 0.789.